The van der Waals surface area contributed by atoms with Gasteiger partial charge in [0.25, 0.3) is 0 Å². The molecule has 9 nitrogen and oxygen atoms in total. The Kier molecular flexibility index (Phi) is 7.80. The lowest BCUT2D eigenvalue weighted by atomic mass is 10.1. The van der Waals surface area contributed by atoms with Gasteiger partial charge in [-0.15, -0.1) is 0 Å². The van der Waals surface area contributed by atoms with Crippen LogP contribution in [0, 0.1) is 0 Å². The fraction of sp³-hybridized carbons (Fsp3) is 0.364. The maximum atomic E-state index is 13.0. The molecule has 2 heterocycles. The number of nitrogens with zero attached hydrogens (tertiary/aromatic N) is 2. The first-order valence-electron chi connectivity index (χ1n) is 10.3. The van der Waals surface area contributed by atoms with E-state index in [1.165, 1.54) is 0 Å². The number of benzene rings is 1. The Hall–Kier alpha value is -3.62. The number of alkyl carbamates (subject to hydrolysis) is 1. The third kappa shape index (κ3) is 6.70. The van der Waals surface area contributed by atoms with E-state index in [0.29, 0.717) is 26.2 Å². The van der Waals surface area contributed by atoms with Crippen LogP contribution in [0.25, 0.3) is 0 Å². The van der Waals surface area contributed by atoms with Gasteiger partial charge in [0.05, 0.1) is 0 Å². The minimum Gasteiger partial charge on any atom is -0.445 e. The first-order valence-corrected chi connectivity index (χ1v) is 10.3. The van der Waals surface area contributed by atoms with Crippen LogP contribution in [0.3, 0.4) is 0 Å². The number of carbonyl (C=O) groups is 3. The fourth-order valence-corrected chi connectivity index (χ4v) is 3.45. The van der Waals surface area contributed by atoms with Gasteiger partial charge in [0.15, 0.2) is 12.4 Å². The van der Waals surface area contributed by atoms with Gasteiger partial charge >= 0.3 is 6.09 Å². The number of hydrogen-bond donors (Lipinski definition) is 2. The van der Waals surface area contributed by atoms with E-state index < -0.39 is 18.0 Å². The average molecular weight is 426 g/mol. The van der Waals surface area contributed by atoms with Gasteiger partial charge in [-0.1, -0.05) is 30.3 Å². The van der Waals surface area contributed by atoms with Gasteiger partial charge in [-0.3, -0.25) is 9.59 Å². The van der Waals surface area contributed by atoms with Crippen molar-refractivity contribution in [2.45, 2.75) is 25.5 Å². The number of nitrogens with two attached hydrogens (primary N) is 1. The van der Waals surface area contributed by atoms with Crippen molar-refractivity contribution in [3.8, 4) is 0 Å². The maximum Gasteiger partial charge on any atom is 0.408 e. The number of piperazine rings is 1. The van der Waals surface area contributed by atoms with Crippen molar-refractivity contribution >= 4 is 23.6 Å². The zero-order chi connectivity index (χ0) is 22.1. The summed E-state index contributed by atoms with van der Waals surface area (Å²) in [6, 6.07) is 12.4. The second-order valence-electron chi connectivity index (χ2n) is 7.33. The topological polar surface area (TPSA) is 119 Å². The molecule has 0 aliphatic carbocycles. The van der Waals surface area contributed by atoms with E-state index in [0.717, 1.165) is 11.3 Å². The minimum absolute atomic E-state index is 0.00411. The molecule has 0 saturated carbocycles. The summed E-state index contributed by atoms with van der Waals surface area (Å²) in [5.74, 6) is -0.762. The van der Waals surface area contributed by atoms with Crippen molar-refractivity contribution in [1.29, 1.82) is 0 Å². The normalized spacial score (nSPS) is 14.6. The van der Waals surface area contributed by atoms with E-state index in [9.17, 15) is 14.4 Å². The Labute approximate surface area is 181 Å². The number of ether oxygens (including phenoxy) is 1. The highest BCUT2D eigenvalue weighted by atomic mass is 16.5. The Balaban J connectivity index is 1.55. The van der Waals surface area contributed by atoms with Gasteiger partial charge in [0, 0.05) is 50.4 Å². The number of pyridine rings is 1. The number of H-pyrrole nitrogens is 1. The molecular formula is C22H28N5O4+. The molecule has 1 aromatic heterocycles. The third-order valence-electron chi connectivity index (χ3n) is 5.14. The van der Waals surface area contributed by atoms with Crippen LogP contribution in [0.2, 0.25) is 0 Å². The van der Waals surface area contributed by atoms with Gasteiger partial charge in [-0.05, 0) is 12.0 Å². The zero-order valence-electron chi connectivity index (χ0n) is 17.3. The standard InChI is InChI=1S/C22H27N5O4/c23-20(28)7-6-19(25-22(30)31-16-17-4-2-1-3-5-17)21(29)27-14-12-26(13-15-27)18-8-10-24-11-9-18/h1-5,8-11,19H,6-7,12-16H2,(H2,23,28)(H,25,30)/p+1/t19-/m0/s1. The summed E-state index contributed by atoms with van der Waals surface area (Å²) in [6.45, 7) is 2.49. The predicted molar refractivity (Wildman–Crippen MR) is 114 cm³/mol. The van der Waals surface area contributed by atoms with Crippen molar-refractivity contribution in [3.05, 3.63) is 60.4 Å². The van der Waals surface area contributed by atoms with Crippen molar-refractivity contribution in [3.63, 3.8) is 0 Å². The number of aromatic nitrogens is 1. The van der Waals surface area contributed by atoms with Crippen molar-refractivity contribution in [1.82, 2.24) is 10.2 Å². The number of nitrogens with one attached hydrogen (secondary N) is 2. The minimum atomic E-state index is -0.867. The maximum absolute atomic E-state index is 13.0. The SMILES string of the molecule is NC(=O)CC[C@H](NC(=O)OCc1ccccc1)C(=O)N1CCN(c2cc[nH+]cc2)CC1. The molecule has 0 unspecified atom stereocenters. The Morgan fingerprint density at radius 1 is 1.03 bits per heavy atom. The lowest BCUT2D eigenvalue weighted by Crippen LogP contribution is -2.55. The summed E-state index contributed by atoms with van der Waals surface area (Å²) < 4.78 is 5.23. The largest absolute Gasteiger partial charge is 0.445 e. The highest BCUT2D eigenvalue weighted by molar-refractivity contribution is 5.86. The Morgan fingerprint density at radius 3 is 2.35 bits per heavy atom. The van der Waals surface area contributed by atoms with E-state index in [4.69, 9.17) is 10.5 Å². The summed E-state index contributed by atoms with van der Waals surface area (Å²) >= 11 is 0. The molecule has 1 saturated heterocycles. The summed E-state index contributed by atoms with van der Waals surface area (Å²) in [7, 11) is 0. The molecule has 2 aromatic rings. The summed E-state index contributed by atoms with van der Waals surface area (Å²) in [5.41, 5.74) is 7.17. The Bertz CT molecular complexity index is 870. The van der Waals surface area contributed by atoms with E-state index in [2.05, 4.69) is 15.2 Å². The summed E-state index contributed by atoms with van der Waals surface area (Å²) in [4.78, 5) is 43.4. The lowest BCUT2D eigenvalue weighted by Gasteiger charge is -2.37. The molecule has 0 radical (unpaired) electrons. The van der Waals surface area contributed by atoms with Crippen LogP contribution < -0.4 is 20.9 Å². The molecule has 0 spiro atoms. The van der Waals surface area contributed by atoms with Crippen molar-refractivity contribution < 1.29 is 24.1 Å². The zero-order valence-corrected chi connectivity index (χ0v) is 17.3. The molecule has 9 heteroatoms. The molecule has 3 amide bonds. The molecule has 164 valence electrons. The monoisotopic (exact) mass is 426 g/mol. The second-order valence-corrected chi connectivity index (χ2v) is 7.33. The first-order chi connectivity index (χ1) is 15.0. The van der Waals surface area contributed by atoms with Crippen LogP contribution in [0.5, 0.6) is 0 Å². The molecule has 1 aromatic carbocycles. The third-order valence-corrected chi connectivity index (χ3v) is 5.14. The van der Waals surface area contributed by atoms with Crippen molar-refractivity contribution in [2.75, 3.05) is 31.1 Å². The van der Waals surface area contributed by atoms with Crippen molar-refractivity contribution in [2.24, 2.45) is 5.73 Å². The summed E-state index contributed by atoms with van der Waals surface area (Å²) in [6.07, 6.45) is 3.14. The molecule has 4 N–H and O–H groups in total. The van der Waals surface area contributed by atoms with E-state index in [-0.39, 0.29) is 25.4 Å². The number of carbonyl (C=O) groups excluding carboxylic acids is 3. The fourth-order valence-electron chi connectivity index (χ4n) is 3.45. The highest BCUT2D eigenvalue weighted by Crippen LogP contribution is 2.15. The number of amides is 3. The van der Waals surface area contributed by atoms with Crippen LogP contribution >= 0.6 is 0 Å². The van der Waals surface area contributed by atoms with Crippen LogP contribution in [-0.4, -0.2) is 55.0 Å². The van der Waals surface area contributed by atoms with Crippen LogP contribution in [0.4, 0.5) is 10.5 Å². The molecular weight excluding hydrogens is 398 g/mol. The highest BCUT2D eigenvalue weighted by Gasteiger charge is 2.29. The predicted octanol–water partition coefficient (Wildman–Crippen LogP) is 0.710. The lowest BCUT2D eigenvalue weighted by molar-refractivity contribution is -0.377. The first kappa shape index (κ1) is 22.1. The molecule has 3 rings (SSSR count). The molecule has 1 aliphatic rings. The summed E-state index contributed by atoms with van der Waals surface area (Å²) in [5, 5.41) is 2.60. The van der Waals surface area contributed by atoms with Gasteiger partial charge in [0.1, 0.15) is 12.6 Å². The average Bonchev–Trinajstić information content (AvgIpc) is 2.81. The van der Waals surface area contributed by atoms with E-state index >= 15 is 0 Å². The number of anilines is 1. The number of aromatic amines is 1. The van der Waals surface area contributed by atoms with E-state index in [1.807, 2.05) is 54.9 Å². The quantitative estimate of drug-likeness (QED) is 0.644. The van der Waals surface area contributed by atoms with Crippen LogP contribution in [0.15, 0.2) is 54.9 Å². The van der Waals surface area contributed by atoms with Gasteiger partial charge in [0.2, 0.25) is 11.8 Å². The van der Waals surface area contributed by atoms with Gasteiger partial charge < -0.3 is 25.6 Å². The molecule has 31 heavy (non-hydrogen) atoms. The van der Waals surface area contributed by atoms with Gasteiger partial charge in [-0.25, -0.2) is 9.78 Å². The van der Waals surface area contributed by atoms with Crippen LogP contribution in [0.1, 0.15) is 18.4 Å². The molecule has 1 atom stereocenters. The van der Waals surface area contributed by atoms with E-state index in [1.54, 1.807) is 4.90 Å². The number of primary amides is 1. The Morgan fingerprint density at radius 2 is 1.71 bits per heavy atom. The smallest absolute Gasteiger partial charge is 0.408 e. The number of rotatable bonds is 8. The molecule has 0 bridgehead atoms. The molecule has 1 fully saturated rings. The van der Waals surface area contributed by atoms with Gasteiger partial charge in [-0.2, -0.15) is 0 Å². The molecule has 1 aliphatic heterocycles. The number of hydrogen-bond acceptors (Lipinski definition) is 5. The second kappa shape index (κ2) is 11.0. The van der Waals surface area contributed by atoms with Crippen LogP contribution in [-0.2, 0) is 20.9 Å².